The molecule has 0 spiro atoms. The molecule has 0 radical (unpaired) electrons. The minimum Gasteiger partial charge on any atom is -0.409 e. The van der Waals surface area contributed by atoms with Gasteiger partial charge in [-0.15, -0.1) is 0 Å². The van der Waals surface area contributed by atoms with E-state index in [1.165, 1.54) is 6.07 Å². The molecule has 1 aliphatic rings. The molecule has 7 heteroatoms. The van der Waals surface area contributed by atoms with Crippen molar-refractivity contribution in [1.29, 1.82) is 0 Å². The van der Waals surface area contributed by atoms with Gasteiger partial charge in [0.05, 0.1) is 5.56 Å². The van der Waals surface area contributed by atoms with Crippen molar-refractivity contribution in [3.8, 4) is 0 Å². The van der Waals surface area contributed by atoms with E-state index in [1.807, 2.05) is 4.90 Å². The Morgan fingerprint density at radius 3 is 2.29 bits per heavy atom. The minimum absolute atomic E-state index is 0.120. The molecule has 0 atom stereocenters. The van der Waals surface area contributed by atoms with Crippen LogP contribution in [0.5, 0.6) is 0 Å². The summed E-state index contributed by atoms with van der Waals surface area (Å²) < 4.78 is 38.5. The molecule has 1 saturated heterocycles. The van der Waals surface area contributed by atoms with Gasteiger partial charge in [-0.3, -0.25) is 0 Å². The lowest BCUT2D eigenvalue weighted by molar-refractivity contribution is -0.137. The van der Waals surface area contributed by atoms with Gasteiger partial charge in [-0.25, -0.2) is 0 Å². The second kappa shape index (κ2) is 6.24. The van der Waals surface area contributed by atoms with Crippen LogP contribution < -0.4 is 10.6 Å². The quantitative estimate of drug-likeness (QED) is 0.382. The number of rotatable bonds is 2. The van der Waals surface area contributed by atoms with Crippen LogP contribution in [-0.2, 0) is 6.18 Å². The fourth-order valence-electron chi connectivity index (χ4n) is 2.56. The summed E-state index contributed by atoms with van der Waals surface area (Å²) in [5.74, 6) is -0.305. The van der Waals surface area contributed by atoms with Gasteiger partial charge < -0.3 is 15.8 Å². The fraction of sp³-hybridized carbons (Fsp3) is 0.500. The highest BCUT2D eigenvalue weighted by Crippen LogP contribution is 2.33. The molecule has 0 unspecified atom stereocenters. The zero-order valence-corrected chi connectivity index (χ0v) is 11.5. The van der Waals surface area contributed by atoms with Gasteiger partial charge >= 0.3 is 6.18 Å². The summed E-state index contributed by atoms with van der Waals surface area (Å²) in [6.45, 7) is 1.52. The average Bonchev–Trinajstić information content (AvgIpc) is 2.73. The predicted molar refractivity (Wildman–Crippen MR) is 74.6 cm³/mol. The average molecular weight is 301 g/mol. The number of nitrogens with two attached hydrogens (primary N) is 1. The maximum atomic E-state index is 12.8. The number of benzene rings is 1. The van der Waals surface area contributed by atoms with Crippen LogP contribution in [0.15, 0.2) is 23.4 Å². The van der Waals surface area contributed by atoms with E-state index in [2.05, 4.69) is 5.16 Å². The largest absolute Gasteiger partial charge is 0.416 e. The van der Waals surface area contributed by atoms with Crippen LogP contribution in [0.3, 0.4) is 0 Å². The fourth-order valence-corrected chi connectivity index (χ4v) is 2.56. The SMILES string of the molecule is N/C(=N\O)c1cc(C(F)(F)F)ccc1N1CCCCCC1. The maximum absolute atomic E-state index is 12.8. The normalized spacial score (nSPS) is 17.7. The molecule has 21 heavy (non-hydrogen) atoms. The van der Waals surface area contributed by atoms with E-state index in [0.717, 1.165) is 50.9 Å². The van der Waals surface area contributed by atoms with E-state index >= 15 is 0 Å². The van der Waals surface area contributed by atoms with E-state index < -0.39 is 11.7 Å². The molecule has 1 aromatic rings. The topological polar surface area (TPSA) is 61.9 Å². The molecule has 0 aliphatic carbocycles. The van der Waals surface area contributed by atoms with E-state index in [-0.39, 0.29) is 11.4 Å². The Morgan fingerprint density at radius 2 is 1.76 bits per heavy atom. The number of anilines is 1. The van der Waals surface area contributed by atoms with Crippen LogP contribution in [0.25, 0.3) is 0 Å². The zero-order chi connectivity index (χ0) is 15.5. The van der Waals surface area contributed by atoms with Gasteiger partial charge in [0.1, 0.15) is 0 Å². The van der Waals surface area contributed by atoms with Crippen molar-refractivity contribution in [2.24, 2.45) is 10.9 Å². The van der Waals surface area contributed by atoms with Crippen molar-refractivity contribution < 1.29 is 18.4 Å². The smallest absolute Gasteiger partial charge is 0.409 e. The number of oxime groups is 1. The molecule has 1 fully saturated rings. The highest BCUT2D eigenvalue weighted by atomic mass is 19.4. The number of amidine groups is 1. The number of alkyl halides is 3. The van der Waals surface area contributed by atoms with Crippen molar-refractivity contribution in [2.75, 3.05) is 18.0 Å². The van der Waals surface area contributed by atoms with E-state index in [1.54, 1.807) is 0 Å². The summed E-state index contributed by atoms with van der Waals surface area (Å²) >= 11 is 0. The first kappa shape index (κ1) is 15.5. The Bertz CT molecular complexity index is 521. The lowest BCUT2D eigenvalue weighted by Crippen LogP contribution is -2.28. The lowest BCUT2D eigenvalue weighted by Gasteiger charge is -2.25. The van der Waals surface area contributed by atoms with Gasteiger partial charge in [-0.05, 0) is 31.0 Å². The Morgan fingerprint density at radius 1 is 1.14 bits per heavy atom. The van der Waals surface area contributed by atoms with E-state index in [0.29, 0.717) is 5.69 Å². The molecule has 1 aromatic carbocycles. The molecule has 116 valence electrons. The Labute approximate surface area is 121 Å². The number of nitrogens with zero attached hydrogens (tertiary/aromatic N) is 2. The highest BCUT2D eigenvalue weighted by Gasteiger charge is 2.32. The van der Waals surface area contributed by atoms with Gasteiger partial charge in [-0.2, -0.15) is 13.2 Å². The Kier molecular flexibility index (Phi) is 4.59. The zero-order valence-electron chi connectivity index (χ0n) is 11.5. The summed E-state index contributed by atoms with van der Waals surface area (Å²) in [7, 11) is 0. The van der Waals surface area contributed by atoms with Crippen molar-refractivity contribution >= 4 is 11.5 Å². The van der Waals surface area contributed by atoms with Gasteiger partial charge in [-0.1, -0.05) is 18.0 Å². The van der Waals surface area contributed by atoms with Crippen LogP contribution in [0.2, 0.25) is 0 Å². The van der Waals surface area contributed by atoms with Crippen LogP contribution >= 0.6 is 0 Å². The second-order valence-electron chi connectivity index (χ2n) is 5.12. The van der Waals surface area contributed by atoms with Gasteiger partial charge in [0.15, 0.2) is 5.84 Å². The van der Waals surface area contributed by atoms with Crippen molar-refractivity contribution in [3.05, 3.63) is 29.3 Å². The van der Waals surface area contributed by atoms with E-state index in [9.17, 15) is 13.2 Å². The molecule has 1 aliphatic heterocycles. The van der Waals surface area contributed by atoms with Gasteiger partial charge in [0.2, 0.25) is 0 Å². The summed E-state index contributed by atoms with van der Waals surface area (Å²) in [6, 6.07) is 3.38. The van der Waals surface area contributed by atoms with Crippen LogP contribution in [0, 0.1) is 0 Å². The summed E-state index contributed by atoms with van der Waals surface area (Å²) in [5, 5.41) is 11.7. The van der Waals surface area contributed by atoms with Crippen LogP contribution in [-0.4, -0.2) is 24.1 Å². The summed E-state index contributed by atoms with van der Waals surface area (Å²) in [4.78, 5) is 2.00. The van der Waals surface area contributed by atoms with Gasteiger partial charge in [0.25, 0.3) is 0 Å². The van der Waals surface area contributed by atoms with E-state index in [4.69, 9.17) is 10.9 Å². The summed E-state index contributed by atoms with van der Waals surface area (Å²) in [5.41, 5.74) is 5.46. The van der Waals surface area contributed by atoms with Crippen molar-refractivity contribution in [2.45, 2.75) is 31.9 Å². The molecule has 0 amide bonds. The first-order chi connectivity index (χ1) is 9.93. The van der Waals surface area contributed by atoms with Gasteiger partial charge in [0, 0.05) is 24.3 Å². The molecule has 0 saturated carbocycles. The first-order valence-corrected chi connectivity index (χ1v) is 6.87. The molecule has 2 rings (SSSR count). The Hall–Kier alpha value is -1.92. The third-order valence-electron chi connectivity index (χ3n) is 3.65. The van der Waals surface area contributed by atoms with Crippen LogP contribution in [0.4, 0.5) is 18.9 Å². The molecule has 1 heterocycles. The van der Waals surface area contributed by atoms with Crippen molar-refractivity contribution in [1.82, 2.24) is 0 Å². The number of hydrogen-bond acceptors (Lipinski definition) is 3. The molecular formula is C14H18F3N3O. The Balaban J connectivity index is 2.44. The standard InChI is InChI=1S/C14H18F3N3O/c15-14(16,17)10-5-6-12(11(9-10)13(18)19-21)20-7-3-1-2-4-8-20/h5-6,9,21H,1-4,7-8H2,(H2,18,19). The van der Waals surface area contributed by atoms with Crippen molar-refractivity contribution in [3.63, 3.8) is 0 Å². The molecule has 0 aromatic heterocycles. The lowest BCUT2D eigenvalue weighted by atomic mass is 10.1. The maximum Gasteiger partial charge on any atom is 0.416 e. The monoisotopic (exact) mass is 301 g/mol. The molecule has 0 bridgehead atoms. The number of halogens is 3. The first-order valence-electron chi connectivity index (χ1n) is 6.87. The highest BCUT2D eigenvalue weighted by molar-refractivity contribution is 6.02. The third-order valence-corrected chi connectivity index (χ3v) is 3.65. The van der Waals surface area contributed by atoms with Crippen LogP contribution in [0.1, 0.15) is 36.8 Å². The minimum atomic E-state index is -4.46. The molecule has 4 nitrogen and oxygen atoms in total. The molecule has 3 N–H and O–H groups in total. The second-order valence-corrected chi connectivity index (χ2v) is 5.12. The predicted octanol–water partition coefficient (Wildman–Crippen LogP) is 3.18. The number of hydrogen-bond donors (Lipinski definition) is 2. The summed E-state index contributed by atoms with van der Waals surface area (Å²) in [6.07, 6.45) is -0.277. The molecular weight excluding hydrogens is 283 g/mol. The third kappa shape index (κ3) is 3.59.